The summed E-state index contributed by atoms with van der Waals surface area (Å²) in [5.41, 5.74) is 0.284. The number of hydrogen-bond donors (Lipinski definition) is 0. The number of aromatic nitrogens is 2. The van der Waals surface area contributed by atoms with Gasteiger partial charge in [-0.2, -0.15) is 13.2 Å². The summed E-state index contributed by atoms with van der Waals surface area (Å²) >= 11 is 0. The number of halogens is 3. The number of alkyl halides is 3. The largest absolute Gasteiger partial charge is 0.497 e. The predicted molar refractivity (Wildman–Crippen MR) is 99.2 cm³/mol. The Kier molecular flexibility index (Phi) is 5.14. The molecule has 0 aliphatic carbocycles. The van der Waals surface area contributed by atoms with Crippen molar-refractivity contribution < 1.29 is 17.9 Å². The van der Waals surface area contributed by atoms with E-state index in [0.717, 1.165) is 37.7 Å². The molecule has 0 radical (unpaired) electrons. The molecule has 150 valence electrons. The summed E-state index contributed by atoms with van der Waals surface area (Å²) in [6.07, 6.45) is -1.20. The van der Waals surface area contributed by atoms with E-state index in [1.54, 1.807) is 7.11 Å². The van der Waals surface area contributed by atoms with Gasteiger partial charge in [0.1, 0.15) is 11.4 Å². The summed E-state index contributed by atoms with van der Waals surface area (Å²) < 4.78 is 44.3. The molecule has 2 aromatic rings. The van der Waals surface area contributed by atoms with E-state index in [-0.39, 0.29) is 12.0 Å². The van der Waals surface area contributed by atoms with Crippen molar-refractivity contribution in [2.75, 3.05) is 31.6 Å². The van der Waals surface area contributed by atoms with Crippen LogP contribution in [0.15, 0.2) is 36.5 Å². The minimum atomic E-state index is -4.46. The first-order chi connectivity index (χ1) is 13.4. The third-order valence-electron chi connectivity index (χ3n) is 5.71. The van der Waals surface area contributed by atoms with E-state index in [1.165, 1.54) is 11.8 Å². The first-order valence-electron chi connectivity index (χ1n) is 9.46. The lowest BCUT2D eigenvalue weighted by Crippen LogP contribution is -2.48. The minimum absolute atomic E-state index is 0.168. The van der Waals surface area contributed by atoms with Crippen molar-refractivity contribution in [3.05, 3.63) is 47.8 Å². The second kappa shape index (κ2) is 7.58. The monoisotopic (exact) mass is 392 g/mol. The molecular formula is C20H23F3N4O. The van der Waals surface area contributed by atoms with Crippen molar-refractivity contribution in [3.63, 3.8) is 0 Å². The number of benzene rings is 1. The second-order valence-electron chi connectivity index (χ2n) is 7.41. The van der Waals surface area contributed by atoms with Crippen molar-refractivity contribution in [1.29, 1.82) is 0 Å². The van der Waals surface area contributed by atoms with Crippen LogP contribution in [0, 0.1) is 5.92 Å². The van der Waals surface area contributed by atoms with E-state index in [9.17, 15) is 13.2 Å². The van der Waals surface area contributed by atoms with Crippen LogP contribution in [0.4, 0.5) is 19.1 Å². The summed E-state index contributed by atoms with van der Waals surface area (Å²) in [4.78, 5) is 12.2. The Bertz CT molecular complexity index is 829. The summed E-state index contributed by atoms with van der Waals surface area (Å²) in [6, 6.07) is 9.21. The van der Waals surface area contributed by atoms with Crippen molar-refractivity contribution in [1.82, 2.24) is 14.9 Å². The fourth-order valence-corrected chi connectivity index (χ4v) is 4.27. The molecule has 4 rings (SSSR count). The van der Waals surface area contributed by atoms with Gasteiger partial charge in [0.25, 0.3) is 0 Å². The Morgan fingerprint density at radius 2 is 2.00 bits per heavy atom. The van der Waals surface area contributed by atoms with Gasteiger partial charge < -0.3 is 9.64 Å². The Balaban J connectivity index is 1.49. The Hall–Kier alpha value is -2.35. The third kappa shape index (κ3) is 3.92. The van der Waals surface area contributed by atoms with Crippen molar-refractivity contribution in [2.24, 2.45) is 5.92 Å². The lowest BCUT2D eigenvalue weighted by molar-refractivity contribution is -0.141. The molecule has 28 heavy (non-hydrogen) atoms. The Morgan fingerprint density at radius 1 is 1.18 bits per heavy atom. The number of likely N-dealkylation sites (tertiary alicyclic amines) is 1. The molecule has 2 aliphatic rings. The number of piperidine rings is 1. The van der Waals surface area contributed by atoms with Crippen molar-refractivity contribution in [3.8, 4) is 5.75 Å². The van der Waals surface area contributed by atoms with Crippen LogP contribution in [0.1, 0.15) is 24.1 Å². The third-order valence-corrected chi connectivity index (χ3v) is 5.71. The number of hydrogen-bond acceptors (Lipinski definition) is 5. The number of ether oxygens (including phenoxy) is 1. The smallest absolute Gasteiger partial charge is 0.433 e. The SMILES string of the molecule is COc1cccc(CN2CCC3CCN(c4nccc(C(F)(F)F)n4)CC32)c1. The second-order valence-corrected chi connectivity index (χ2v) is 7.41. The molecule has 0 amide bonds. The molecule has 1 aromatic heterocycles. The maximum absolute atomic E-state index is 13.0. The fraction of sp³-hybridized carbons (Fsp3) is 0.500. The van der Waals surface area contributed by atoms with Gasteiger partial charge in [0.15, 0.2) is 0 Å². The average Bonchev–Trinajstić information content (AvgIpc) is 3.09. The molecule has 0 saturated carbocycles. The topological polar surface area (TPSA) is 41.5 Å². The highest BCUT2D eigenvalue weighted by Crippen LogP contribution is 2.35. The van der Waals surface area contributed by atoms with Crippen LogP contribution in [-0.4, -0.2) is 47.7 Å². The highest BCUT2D eigenvalue weighted by Gasteiger charge is 2.39. The summed E-state index contributed by atoms with van der Waals surface area (Å²) in [5, 5.41) is 0. The number of nitrogens with zero attached hydrogens (tertiary/aromatic N) is 4. The molecule has 2 unspecified atom stereocenters. The number of fused-ring (bicyclic) bond motifs is 1. The van der Waals surface area contributed by atoms with Gasteiger partial charge in [-0.25, -0.2) is 9.97 Å². The zero-order chi connectivity index (χ0) is 19.7. The van der Waals surface area contributed by atoms with Gasteiger partial charge in [-0.3, -0.25) is 4.90 Å². The highest BCUT2D eigenvalue weighted by atomic mass is 19.4. The van der Waals surface area contributed by atoms with Gasteiger partial charge in [0, 0.05) is 31.9 Å². The van der Waals surface area contributed by atoms with E-state index >= 15 is 0 Å². The molecule has 2 atom stereocenters. The highest BCUT2D eigenvalue weighted by molar-refractivity contribution is 5.33. The van der Waals surface area contributed by atoms with Crippen LogP contribution in [0.2, 0.25) is 0 Å². The standard InChI is InChI=1S/C20H23F3N4O/c1-28-16-4-2-3-14(11-16)12-26-9-6-15-7-10-27(13-17(15)26)19-24-8-5-18(25-19)20(21,22)23/h2-5,8,11,15,17H,6-7,9-10,12-13H2,1H3. The molecular weight excluding hydrogens is 369 g/mol. The lowest BCUT2D eigenvalue weighted by Gasteiger charge is -2.38. The van der Waals surface area contributed by atoms with E-state index in [2.05, 4.69) is 20.9 Å². The van der Waals surface area contributed by atoms with Crippen molar-refractivity contribution >= 4 is 5.95 Å². The molecule has 3 heterocycles. The summed E-state index contributed by atoms with van der Waals surface area (Å²) in [6.45, 7) is 3.13. The maximum atomic E-state index is 13.0. The van der Waals surface area contributed by atoms with E-state index < -0.39 is 11.9 Å². The minimum Gasteiger partial charge on any atom is -0.497 e. The van der Waals surface area contributed by atoms with E-state index in [1.807, 2.05) is 23.1 Å². The molecule has 0 bridgehead atoms. The number of methoxy groups -OCH3 is 1. The Labute approximate surface area is 162 Å². The van der Waals surface area contributed by atoms with Crippen LogP contribution in [0.3, 0.4) is 0 Å². The van der Waals surface area contributed by atoms with E-state index in [0.29, 0.717) is 19.0 Å². The first-order valence-corrected chi connectivity index (χ1v) is 9.46. The molecule has 2 saturated heterocycles. The predicted octanol–water partition coefficient (Wildman–Crippen LogP) is 3.60. The van der Waals surface area contributed by atoms with Crippen LogP contribution in [0.25, 0.3) is 0 Å². The molecule has 8 heteroatoms. The van der Waals surface area contributed by atoms with Gasteiger partial charge >= 0.3 is 6.18 Å². The van der Waals surface area contributed by atoms with Gasteiger partial charge in [0.05, 0.1) is 7.11 Å². The molecule has 1 aromatic carbocycles. The molecule has 0 N–H and O–H groups in total. The van der Waals surface area contributed by atoms with Gasteiger partial charge in [-0.1, -0.05) is 12.1 Å². The Morgan fingerprint density at radius 3 is 2.79 bits per heavy atom. The van der Waals surface area contributed by atoms with Gasteiger partial charge in [0.2, 0.25) is 5.95 Å². The van der Waals surface area contributed by atoms with Crippen LogP contribution in [-0.2, 0) is 12.7 Å². The van der Waals surface area contributed by atoms with Crippen molar-refractivity contribution in [2.45, 2.75) is 31.6 Å². The summed E-state index contributed by atoms with van der Waals surface area (Å²) in [5.74, 6) is 1.56. The average molecular weight is 392 g/mol. The maximum Gasteiger partial charge on any atom is 0.433 e. The van der Waals surface area contributed by atoms with Gasteiger partial charge in [-0.05, 0) is 49.1 Å². The van der Waals surface area contributed by atoms with Crippen LogP contribution in [0.5, 0.6) is 5.75 Å². The van der Waals surface area contributed by atoms with Crippen LogP contribution < -0.4 is 9.64 Å². The molecule has 5 nitrogen and oxygen atoms in total. The summed E-state index contributed by atoms with van der Waals surface area (Å²) in [7, 11) is 1.65. The number of rotatable bonds is 4. The zero-order valence-corrected chi connectivity index (χ0v) is 15.7. The fourth-order valence-electron chi connectivity index (χ4n) is 4.27. The van der Waals surface area contributed by atoms with Crippen LogP contribution >= 0.6 is 0 Å². The van der Waals surface area contributed by atoms with E-state index in [4.69, 9.17) is 4.74 Å². The zero-order valence-electron chi connectivity index (χ0n) is 15.7. The lowest BCUT2D eigenvalue weighted by atomic mass is 9.92. The first kappa shape index (κ1) is 19.0. The molecule has 2 fully saturated rings. The molecule has 2 aliphatic heterocycles. The number of anilines is 1. The van der Waals surface area contributed by atoms with Gasteiger partial charge in [-0.15, -0.1) is 0 Å². The molecule has 0 spiro atoms. The quantitative estimate of drug-likeness (QED) is 0.795. The normalized spacial score (nSPS) is 22.9.